The third kappa shape index (κ3) is 6.56. The topological polar surface area (TPSA) is 48.9 Å². The Bertz CT molecular complexity index is 959. The number of methoxy groups -OCH3 is 1. The van der Waals surface area contributed by atoms with Crippen LogP contribution in [0.4, 0.5) is 8.78 Å². The maximum Gasteiger partial charge on any atom is 0.191 e. The second-order valence-electron chi connectivity index (χ2n) is 8.88. The Hall–Kier alpha value is -1.94. The van der Waals surface area contributed by atoms with Crippen molar-refractivity contribution in [2.75, 3.05) is 33.8 Å². The summed E-state index contributed by atoms with van der Waals surface area (Å²) in [6, 6.07) is 12.4. The standard InChI is InChI=1S/C25H32F2N4O.HI/c1-28-24(29-17-25(10-11-25)19-4-3-5-20(26)15-19)30-21-8-12-31(13-9-21)16-18-6-7-23(32-2)22(27)14-18;/h3-7,14-15,21H,8-13,16-17H2,1-2H3,(H2,28,29,30);1H. The van der Waals surface area contributed by atoms with E-state index in [-0.39, 0.29) is 46.8 Å². The summed E-state index contributed by atoms with van der Waals surface area (Å²) in [5.41, 5.74) is 2.03. The van der Waals surface area contributed by atoms with E-state index in [2.05, 4.69) is 20.5 Å². The summed E-state index contributed by atoms with van der Waals surface area (Å²) in [7, 11) is 3.26. The smallest absolute Gasteiger partial charge is 0.191 e. The SMILES string of the molecule is CN=C(NCC1(c2cccc(F)c2)CC1)NC1CCN(Cc2ccc(OC)c(F)c2)CC1.I. The van der Waals surface area contributed by atoms with E-state index in [1.807, 2.05) is 12.1 Å². The first kappa shape index (κ1) is 25.7. The van der Waals surface area contributed by atoms with E-state index in [9.17, 15) is 8.78 Å². The molecule has 180 valence electrons. The van der Waals surface area contributed by atoms with Gasteiger partial charge in [0, 0.05) is 44.7 Å². The second-order valence-corrected chi connectivity index (χ2v) is 8.88. The molecule has 5 nitrogen and oxygen atoms in total. The number of hydrogen-bond acceptors (Lipinski definition) is 3. The van der Waals surface area contributed by atoms with Gasteiger partial charge in [-0.15, -0.1) is 24.0 Å². The maximum absolute atomic E-state index is 13.9. The average molecular weight is 570 g/mol. The van der Waals surface area contributed by atoms with Crippen LogP contribution in [0.15, 0.2) is 47.5 Å². The monoisotopic (exact) mass is 570 g/mol. The summed E-state index contributed by atoms with van der Waals surface area (Å²) in [6.07, 6.45) is 4.11. The molecule has 0 atom stereocenters. The fourth-order valence-corrected chi connectivity index (χ4v) is 4.48. The van der Waals surface area contributed by atoms with Gasteiger partial charge in [-0.2, -0.15) is 0 Å². The van der Waals surface area contributed by atoms with E-state index in [0.717, 1.165) is 68.9 Å². The molecule has 0 spiro atoms. The summed E-state index contributed by atoms with van der Waals surface area (Å²) in [4.78, 5) is 6.74. The molecule has 0 bridgehead atoms. The number of hydrogen-bond donors (Lipinski definition) is 2. The minimum absolute atomic E-state index is 0. The summed E-state index contributed by atoms with van der Waals surface area (Å²) < 4.78 is 32.6. The van der Waals surface area contributed by atoms with Crippen LogP contribution in [-0.4, -0.2) is 50.7 Å². The normalized spacial score (nSPS) is 18.4. The Morgan fingerprint density at radius 3 is 2.52 bits per heavy atom. The predicted octanol–water partition coefficient (Wildman–Crippen LogP) is 4.45. The van der Waals surface area contributed by atoms with Crippen molar-refractivity contribution in [2.45, 2.75) is 43.7 Å². The van der Waals surface area contributed by atoms with Crippen LogP contribution in [0.2, 0.25) is 0 Å². The van der Waals surface area contributed by atoms with Gasteiger partial charge in [-0.1, -0.05) is 18.2 Å². The van der Waals surface area contributed by atoms with E-state index >= 15 is 0 Å². The molecule has 0 aromatic heterocycles. The molecule has 1 aliphatic carbocycles. The number of nitrogens with one attached hydrogen (secondary N) is 2. The summed E-state index contributed by atoms with van der Waals surface area (Å²) in [5.74, 6) is 0.577. The number of rotatable bonds is 7. The van der Waals surface area contributed by atoms with Gasteiger partial charge in [0.25, 0.3) is 0 Å². The first-order valence-electron chi connectivity index (χ1n) is 11.3. The highest BCUT2D eigenvalue weighted by molar-refractivity contribution is 14.0. The Kier molecular flexibility index (Phi) is 8.92. The highest BCUT2D eigenvalue weighted by Crippen LogP contribution is 2.47. The van der Waals surface area contributed by atoms with E-state index in [4.69, 9.17) is 4.74 Å². The Balaban J connectivity index is 0.00000306. The van der Waals surface area contributed by atoms with Gasteiger partial charge in [0.05, 0.1) is 7.11 Å². The van der Waals surface area contributed by atoms with Gasteiger partial charge in [0.2, 0.25) is 0 Å². The van der Waals surface area contributed by atoms with E-state index in [1.54, 1.807) is 31.3 Å². The van der Waals surface area contributed by atoms with Crippen LogP contribution in [0.3, 0.4) is 0 Å². The Morgan fingerprint density at radius 1 is 1.15 bits per heavy atom. The molecule has 1 aliphatic heterocycles. The molecule has 1 saturated carbocycles. The molecule has 2 fully saturated rings. The van der Waals surface area contributed by atoms with Crippen molar-refractivity contribution in [3.05, 3.63) is 65.2 Å². The third-order valence-electron chi connectivity index (χ3n) is 6.66. The van der Waals surface area contributed by atoms with Crippen LogP contribution in [0, 0.1) is 11.6 Å². The quantitative estimate of drug-likeness (QED) is 0.294. The molecule has 2 aromatic rings. The van der Waals surface area contributed by atoms with Gasteiger partial charge in [0.15, 0.2) is 17.5 Å². The predicted molar refractivity (Wildman–Crippen MR) is 138 cm³/mol. The highest BCUT2D eigenvalue weighted by Gasteiger charge is 2.44. The summed E-state index contributed by atoms with van der Waals surface area (Å²) in [6.45, 7) is 3.36. The average Bonchev–Trinajstić information content (AvgIpc) is 3.59. The van der Waals surface area contributed by atoms with Gasteiger partial charge in [-0.3, -0.25) is 9.89 Å². The van der Waals surface area contributed by atoms with Crippen LogP contribution in [0.25, 0.3) is 0 Å². The van der Waals surface area contributed by atoms with Crippen molar-refractivity contribution in [1.29, 1.82) is 0 Å². The number of piperidine rings is 1. The number of guanidine groups is 1. The number of likely N-dealkylation sites (tertiary alicyclic amines) is 1. The lowest BCUT2D eigenvalue weighted by Gasteiger charge is -2.33. The van der Waals surface area contributed by atoms with Gasteiger partial charge < -0.3 is 15.4 Å². The van der Waals surface area contributed by atoms with Crippen molar-refractivity contribution in [2.24, 2.45) is 4.99 Å². The largest absolute Gasteiger partial charge is 0.494 e. The van der Waals surface area contributed by atoms with E-state index in [1.165, 1.54) is 13.2 Å². The van der Waals surface area contributed by atoms with Crippen LogP contribution in [0.5, 0.6) is 5.75 Å². The highest BCUT2D eigenvalue weighted by atomic mass is 127. The molecule has 1 saturated heterocycles. The lowest BCUT2D eigenvalue weighted by Crippen LogP contribution is -2.49. The fourth-order valence-electron chi connectivity index (χ4n) is 4.48. The van der Waals surface area contributed by atoms with Gasteiger partial charge in [-0.05, 0) is 61.1 Å². The van der Waals surface area contributed by atoms with Crippen molar-refractivity contribution >= 4 is 29.9 Å². The fraction of sp³-hybridized carbons (Fsp3) is 0.480. The number of halogens is 3. The second kappa shape index (κ2) is 11.5. The van der Waals surface area contributed by atoms with E-state index in [0.29, 0.717) is 6.04 Å². The zero-order chi connectivity index (χ0) is 22.6. The van der Waals surface area contributed by atoms with Crippen molar-refractivity contribution in [3.63, 3.8) is 0 Å². The minimum Gasteiger partial charge on any atom is -0.494 e. The van der Waals surface area contributed by atoms with Gasteiger partial charge >= 0.3 is 0 Å². The zero-order valence-electron chi connectivity index (χ0n) is 19.2. The van der Waals surface area contributed by atoms with Crippen molar-refractivity contribution in [3.8, 4) is 5.75 Å². The molecule has 2 aliphatic rings. The van der Waals surface area contributed by atoms with Crippen molar-refractivity contribution < 1.29 is 13.5 Å². The first-order valence-corrected chi connectivity index (χ1v) is 11.3. The molecule has 4 rings (SSSR count). The lowest BCUT2D eigenvalue weighted by molar-refractivity contribution is 0.198. The summed E-state index contributed by atoms with van der Waals surface area (Å²) >= 11 is 0. The minimum atomic E-state index is -0.317. The van der Waals surface area contributed by atoms with Crippen LogP contribution >= 0.6 is 24.0 Å². The molecular weight excluding hydrogens is 537 g/mol. The molecule has 2 aromatic carbocycles. The number of ether oxygens (including phenoxy) is 1. The number of benzene rings is 2. The van der Waals surface area contributed by atoms with Crippen LogP contribution in [-0.2, 0) is 12.0 Å². The molecule has 8 heteroatoms. The maximum atomic E-state index is 13.9. The van der Waals surface area contributed by atoms with Gasteiger partial charge in [0.1, 0.15) is 5.82 Å². The molecule has 0 radical (unpaired) electrons. The number of nitrogens with zero attached hydrogens (tertiary/aromatic N) is 2. The van der Waals surface area contributed by atoms with Crippen LogP contribution in [0.1, 0.15) is 36.8 Å². The molecular formula is C25H33F2IN4O. The molecule has 0 amide bonds. The Labute approximate surface area is 212 Å². The van der Waals surface area contributed by atoms with Crippen molar-refractivity contribution in [1.82, 2.24) is 15.5 Å². The van der Waals surface area contributed by atoms with Gasteiger partial charge in [-0.25, -0.2) is 8.78 Å². The molecule has 2 N–H and O–H groups in total. The lowest BCUT2D eigenvalue weighted by atomic mass is 9.96. The van der Waals surface area contributed by atoms with Crippen LogP contribution < -0.4 is 15.4 Å². The first-order chi connectivity index (χ1) is 15.5. The Morgan fingerprint density at radius 2 is 1.91 bits per heavy atom. The number of aliphatic imine (C=N–C) groups is 1. The molecule has 0 unspecified atom stereocenters. The van der Waals surface area contributed by atoms with E-state index < -0.39 is 0 Å². The zero-order valence-corrected chi connectivity index (χ0v) is 21.6. The third-order valence-corrected chi connectivity index (χ3v) is 6.66. The summed E-state index contributed by atoms with van der Waals surface area (Å²) in [5, 5.41) is 6.99. The molecule has 1 heterocycles. The molecule has 33 heavy (non-hydrogen) atoms.